The fraction of sp³-hybridized carbons (Fsp3) is 0.333. The van der Waals surface area contributed by atoms with Crippen LogP contribution in [0.3, 0.4) is 0 Å². The second-order valence-electron chi connectivity index (χ2n) is 4.58. The Morgan fingerprint density at radius 3 is 2.52 bits per heavy atom. The first kappa shape index (κ1) is 14.6. The van der Waals surface area contributed by atoms with Gasteiger partial charge in [0, 0.05) is 11.4 Å². The summed E-state index contributed by atoms with van der Waals surface area (Å²) in [6.45, 7) is 5.17. The quantitative estimate of drug-likeness (QED) is 0.672. The minimum atomic E-state index is -0.719. The maximum Gasteiger partial charge on any atom is 0.307 e. The first-order chi connectivity index (χ1) is 9.86. The molecule has 2 aromatic heterocycles. The summed E-state index contributed by atoms with van der Waals surface area (Å²) in [5, 5.41) is 17.0. The predicted octanol–water partition coefficient (Wildman–Crippen LogP) is 1.40. The summed E-state index contributed by atoms with van der Waals surface area (Å²) in [6.07, 6.45) is 2.30. The number of hydrogen-bond acceptors (Lipinski definition) is 6. The average molecular weight is 290 g/mol. The minimum absolute atomic E-state index is 0.169. The normalized spacial score (nSPS) is 12.0. The van der Waals surface area contributed by atoms with Crippen LogP contribution in [0.5, 0.6) is 0 Å². The highest BCUT2D eigenvalue weighted by Gasteiger charge is 2.20. The van der Waals surface area contributed by atoms with Crippen LogP contribution in [0, 0.1) is 24.0 Å². The molecule has 1 N–H and O–H groups in total. The van der Waals surface area contributed by atoms with Gasteiger partial charge in [0.25, 0.3) is 5.91 Å². The van der Waals surface area contributed by atoms with Crippen molar-refractivity contribution in [2.45, 2.75) is 26.8 Å². The van der Waals surface area contributed by atoms with E-state index in [1.807, 2.05) is 0 Å². The van der Waals surface area contributed by atoms with Crippen LogP contribution in [0.4, 0.5) is 11.6 Å². The highest BCUT2D eigenvalue weighted by molar-refractivity contribution is 5.91. The number of rotatable bonds is 4. The molecule has 0 aromatic carbocycles. The number of carbonyl (C=O) groups excluding carboxylic acids is 1. The Balaban J connectivity index is 2.13. The summed E-state index contributed by atoms with van der Waals surface area (Å²) in [5.74, 6) is -0.205. The third-order valence-electron chi connectivity index (χ3n) is 2.79. The van der Waals surface area contributed by atoms with Gasteiger partial charge >= 0.3 is 5.69 Å². The maximum atomic E-state index is 12.1. The number of amides is 1. The van der Waals surface area contributed by atoms with Crippen LogP contribution < -0.4 is 5.32 Å². The second kappa shape index (κ2) is 5.65. The lowest BCUT2D eigenvalue weighted by atomic mass is 10.3. The molecule has 9 heteroatoms. The highest BCUT2D eigenvalue weighted by atomic mass is 16.6. The van der Waals surface area contributed by atoms with Crippen molar-refractivity contribution in [1.82, 2.24) is 19.7 Å². The van der Waals surface area contributed by atoms with Gasteiger partial charge in [-0.1, -0.05) is 0 Å². The standard InChI is InChI=1S/C12H14N6O3/c1-7-4-8(2)15-12(14-7)16-11(19)9(3)17-6-10(5-13-17)18(20)21/h4-6,9H,1-3H3,(H,14,15,16,19). The van der Waals surface area contributed by atoms with E-state index in [0.29, 0.717) is 0 Å². The molecular formula is C12H14N6O3. The minimum Gasteiger partial charge on any atom is -0.293 e. The van der Waals surface area contributed by atoms with Crippen LogP contribution in [-0.4, -0.2) is 30.6 Å². The molecular weight excluding hydrogens is 276 g/mol. The third-order valence-corrected chi connectivity index (χ3v) is 2.79. The number of carbonyl (C=O) groups is 1. The van der Waals surface area contributed by atoms with Gasteiger partial charge in [0.15, 0.2) is 0 Å². The van der Waals surface area contributed by atoms with E-state index < -0.39 is 16.9 Å². The third kappa shape index (κ3) is 3.38. The molecule has 2 heterocycles. The topological polar surface area (TPSA) is 116 Å². The van der Waals surface area contributed by atoms with Crippen molar-refractivity contribution in [3.05, 3.63) is 40.0 Å². The maximum absolute atomic E-state index is 12.1. The van der Waals surface area contributed by atoms with Crippen molar-refractivity contribution < 1.29 is 9.72 Å². The summed E-state index contributed by atoms with van der Waals surface area (Å²) in [6, 6.07) is 1.07. The number of anilines is 1. The molecule has 1 atom stereocenters. The molecule has 0 aliphatic rings. The smallest absolute Gasteiger partial charge is 0.293 e. The van der Waals surface area contributed by atoms with Gasteiger partial charge in [-0.3, -0.25) is 24.9 Å². The molecule has 0 aliphatic carbocycles. The van der Waals surface area contributed by atoms with E-state index >= 15 is 0 Å². The van der Waals surface area contributed by atoms with Crippen molar-refractivity contribution in [2.75, 3.05) is 5.32 Å². The van der Waals surface area contributed by atoms with Gasteiger partial charge in [-0.25, -0.2) is 9.97 Å². The van der Waals surface area contributed by atoms with Crippen molar-refractivity contribution in [3.8, 4) is 0 Å². The summed E-state index contributed by atoms with van der Waals surface area (Å²) in [7, 11) is 0. The van der Waals surface area contributed by atoms with Gasteiger partial charge in [0.05, 0.1) is 4.92 Å². The summed E-state index contributed by atoms with van der Waals surface area (Å²) >= 11 is 0. The second-order valence-corrected chi connectivity index (χ2v) is 4.58. The monoisotopic (exact) mass is 290 g/mol. The van der Waals surface area contributed by atoms with E-state index in [2.05, 4.69) is 20.4 Å². The highest BCUT2D eigenvalue weighted by Crippen LogP contribution is 2.14. The lowest BCUT2D eigenvalue weighted by Gasteiger charge is -2.11. The molecule has 0 saturated heterocycles. The van der Waals surface area contributed by atoms with E-state index in [1.54, 1.807) is 26.8 Å². The van der Waals surface area contributed by atoms with E-state index in [9.17, 15) is 14.9 Å². The Hall–Kier alpha value is -2.84. The van der Waals surface area contributed by atoms with Crippen LogP contribution in [-0.2, 0) is 4.79 Å². The average Bonchev–Trinajstić information content (AvgIpc) is 2.86. The fourth-order valence-corrected chi connectivity index (χ4v) is 1.75. The SMILES string of the molecule is Cc1cc(C)nc(NC(=O)C(C)n2cc([N+](=O)[O-])cn2)n1. The Morgan fingerprint density at radius 1 is 1.38 bits per heavy atom. The number of nitrogens with one attached hydrogen (secondary N) is 1. The van der Waals surface area contributed by atoms with Crippen LogP contribution in [0.1, 0.15) is 24.4 Å². The number of hydrogen-bond donors (Lipinski definition) is 1. The van der Waals surface area contributed by atoms with Crippen molar-refractivity contribution in [2.24, 2.45) is 0 Å². The van der Waals surface area contributed by atoms with E-state index in [0.717, 1.165) is 17.6 Å². The summed E-state index contributed by atoms with van der Waals surface area (Å²) in [5.41, 5.74) is 1.30. The predicted molar refractivity (Wildman–Crippen MR) is 73.7 cm³/mol. The molecule has 1 amide bonds. The molecule has 2 rings (SSSR count). The van der Waals surface area contributed by atoms with Gasteiger partial charge in [-0.2, -0.15) is 5.10 Å². The molecule has 9 nitrogen and oxygen atoms in total. The first-order valence-electron chi connectivity index (χ1n) is 6.18. The number of nitrogens with zero attached hydrogens (tertiary/aromatic N) is 5. The van der Waals surface area contributed by atoms with Gasteiger partial charge in [0.1, 0.15) is 18.4 Å². The Kier molecular flexibility index (Phi) is 3.92. The lowest BCUT2D eigenvalue weighted by Crippen LogP contribution is -2.25. The Bertz CT molecular complexity index is 676. The molecule has 0 fully saturated rings. The molecule has 0 radical (unpaired) electrons. The molecule has 0 bridgehead atoms. The number of aromatic nitrogens is 4. The van der Waals surface area contributed by atoms with Crippen molar-refractivity contribution in [3.63, 3.8) is 0 Å². The zero-order chi connectivity index (χ0) is 15.6. The molecule has 21 heavy (non-hydrogen) atoms. The lowest BCUT2D eigenvalue weighted by molar-refractivity contribution is -0.385. The van der Waals surface area contributed by atoms with Crippen molar-refractivity contribution >= 4 is 17.5 Å². The zero-order valence-corrected chi connectivity index (χ0v) is 11.8. The summed E-state index contributed by atoms with van der Waals surface area (Å²) in [4.78, 5) is 30.3. The zero-order valence-electron chi connectivity index (χ0n) is 11.8. The molecule has 110 valence electrons. The molecule has 0 saturated carbocycles. The first-order valence-corrected chi connectivity index (χ1v) is 6.18. The fourth-order valence-electron chi connectivity index (χ4n) is 1.75. The van der Waals surface area contributed by atoms with Gasteiger partial charge in [0.2, 0.25) is 5.95 Å². The van der Waals surface area contributed by atoms with Gasteiger partial charge < -0.3 is 0 Å². The van der Waals surface area contributed by atoms with Crippen LogP contribution in [0.2, 0.25) is 0 Å². The molecule has 0 spiro atoms. The van der Waals surface area contributed by atoms with Crippen LogP contribution in [0.15, 0.2) is 18.5 Å². The van der Waals surface area contributed by atoms with Gasteiger partial charge in [-0.15, -0.1) is 0 Å². The molecule has 0 aliphatic heterocycles. The van der Waals surface area contributed by atoms with Crippen LogP contribution >= 0.6 is 0 Å². The molecule has 1 unspecified atom stereocenters. The Labute approximate surface area is 120 Å². The van der Waals surface area contributed by atoms with E-state index in [4.69, 9.17) is 0 Å². The van der Waals surface area contributed by atoms with E-state index in [-0.39, 0.29) is 11.6 Å². The van der Waals surface area contributed by atoms with E-state index in [1.165, 1.54) is 10.9 Å². The largest absolute Gasteiger partial charge is 0.307 e. The van der Waals surface area contributed by atoms with Crippen LogP contribution in [0.25, 0.3) is 0 Å². The molecule has 2 aromatic rings. The number of nitro groups is 1. The Morgan fingerprint density at radius 2 is 2.00 bits per heavy atom. The summed E-state index contributed by atoms with van der Waals surface area (Å²) < 4.78 is 1.22. The van der Waals surface area contributed by atoms with Gasteiger partial charge in [-0.05, 0) is 26.8 Å². The van der Waals surface area contributed by atoms with Crippen molar-refractivity contribution in [1.29, 1.82) is 0 Å². The number of aryl methyl sites for hydroxylation is 2.